The van der Waals surface area contributed by atoms with E-state index in [0.29, 0.717) is 39.3 Å². The zero-order valence-corrected chi connectivity index (χ0v) is 18.1. The Morgan fingerprint density at radius 1 is 1.13 bits per heavy atom. The summed E-state index contributed by atoms with van der Waals surface area (Å²) in [5.74, 6) is 0. The lowest BCUT2D eigenvalue weighted by molar-refractivity contribution is -0.138. The van der Waals surface area contributed by atoms with Gasteiger partial charge < -0.3 is 4.74 Å². The van der Waals surface area contributed by atoms with E-state index in [4.69, 9.17) is 4.74 Å². The van der Waals surface area contributed by atoms with Gasteiger partial charge in [-0.2, -0.15) is 17.5 Å². The molecule has 2 fully saturated rings. The molecule has 1 aromatic rings. The van der Waals surface area contributed by atoms with Crippen molar-refractivity contribution in [2.24, 2.45) is 0 Å². The summed E-state index contributed by atoms with van der Waals surface area (Å²) >= 11 is 0. The van der Waals surface area contributed by atoms with E-state index in [2.05, 4.69) is 4.90 Å². The van der Waals surface area contributed by atoms with Crippen molar-refractivity contribution in [1.29, 1.82) is 0 Å². The van der Waals surface area contributed by atoms with Crippen molar-refractivity contribution in [3.05, 3.63) is 35.4 Å². The summed E-state index contributed by atoms with van der Waals surface area (Å²) in [4.78, 5) is 4.17. The summed E-state index contributed by atoms with van der Waals surface area (Å²) in [5, 5.41) is 0. The Balaban J connectivity index is 1.58. The van der Waals surface area contributed by atoms with Crippen LogP contribution in [0.25, 0.3) is 0 Å². The molecule has 2 aliphatic rings. The van der Waals surface area contributed by atoms with E-state index in [1.54, 1.807) is 6.07 Å². The molecule has 0 N–H and O–H groups in total. The van der Waals surface area contributed by atoms with Gasteiger partial charge in [-0.3, -0.25) is 9.80 Å². The van der Waals surface area contributed by atoms with Crippen LogP contribution >= 0.6 is 0 Å². The molecule has 10 heteroatoms. The highest BCUT2D eigenvalue weighted by Gasteiger charge is 2.36. The van der Waals surface area contributed by atoms with Crippen LogP contribution in [0.3, 0.4) is 0 Å². The fraction of sp³-hybridized carbons (Fsp3) is 0.700. The number of ether oxygens (including phenoxy) is 1. The molecule has 2 aliphatic heterocycles. The van der Waals surface area contributed by atoms with E-state index >= 15 is 0 Å². The number of hydrogen-bond acceptors (Lipinski definition) is 5. The van der Waals surface area contributed by atoms with Crippen molar-refractivity contribution in [2.45, 2.75) is 31.6 Å². The van der Waals surface area contributed by atoms with Gasteiger partial charge in [-0.15, -0.1) is 0 Å². The summed E-state index contributed by atoms with van der Waals surface area (Å²) in [7, 11) is -3.40. The molecule has 0 radical (unpaired) electrons. The van der Waals surface area contributed by atoms with Gasteiger partial charge in [-0.25, -0.2) is 8.42 Å². The maximum Gasteiger partial charge on any atom is 0.416 e. The zero-order chi connectivity index (χ0) is 21.8. The maximum atomic E-state index is 13.3. The largest absolute Gasteiger partial charge is 0.416 e. The van der Waals surface area contributed by atoms with Crippen LogP contribution in [-0.2, 0) is 27.5 Å². The van der Waals surface area contributed by atoms with Gasteiger partial charge in [0.05, 0.1) is 25.0 Å². The first kappa shape index (κ1) is 23.5. The molecule has 6 nitrogen and oxygen atoms in total. The normalized spacial score (nSPS) is 22.1. The second-order valence-electron chi connectivity index (χ2n) is 8.01. The van der Waals surface area contributed by atoms with Crippen LogP contribution in [0.15, 0.2) is 24.3 Å². The van der Waals surface area contributed by atoms with Crippen molar-refractivity contribution < 1.29 is 26.3 Å². The molecule has 0 aliphatic carbocycles. The minimum atomic E-state index is -4.39. The highest BCUT2D eigenvalue weighted by Crippen LogP contribution is 2.33. The Bertz CT molecular complexity index is 798. The van der Waals surface area contributed by atoms with Crippen LogP contribution in [0.5, 0.6) is 0 Å². The van der Waals surface area contributed by atoms with Gasteiger partial charge in [0.2, 0.25) is 10.0 Å². The van der Waals surface area contributed by atoms with E-state index in [0.717, 1.165) is 32.1 Å². The molecule has 2 saturated heterocycles. The summed E-state index contributed by atoms with van der Waals surface area (Å²) in [6.45, 7) is 5.53. The molecule has 2 heterocycles. The summed E-state index contributed by atoms with van der Waals surface area (Å²) in [5.41, 5.74) is -0.400. The SMILES string of the molecule is CS(=O)(=O)N(CCCN1CCOCC1)C1CCN(Cc2ccccc2C(F)(F)F)C1. The number of benzene rings is 1. The third kappa shape index (κ3) is 6.40. The lowest BCUT2D eigenvalue weighted by atomic mass is 10.1. The van der Waals surface area contributed by atoms with Crippen molar-refractivity contribution in [2.75, 3.05) is 58.7 Å². The average molecular weight is 450 g/mol. The van der Waals surface area contributed by atoms with Crippen molar-refractivity contribution in [1.82, 2.24) is 14.1 Å². The van der Waals surface area contributed by atoms with Crippen LogP contribution in [-0.4, -0.2) is 87.3 Å². The molecule has 1 unspecified atom stereocenters. The molecule has 3 rings (SSSR count). The first-order valence-corrected chi connectivity index (χ1v) is 12.1. The van der Waals surface area contributed by atoms with E-state index in [1.165, 1.54) is 22.7 Å². The first-order valence-electron chi connectivity index (χ1n) is 10.3. The van der Waals surface area contributed by atoms with Gasteiger partial charge in [0.1, 0.15) is 0 Å². The van der Waals surface area contributed by atoms with E-state index in [9.17, 15) is 21.6 Å². The van der Waals surface area contributed by atoms with Gasteiger partial charge in [0.25, 0.3) is 0 Å². The molecule has 0 aromatic heterocycles. The number of likely N-dealkylation sites (tertiary alicyclic amines) is 1. The summed E-state index contributed by atoms with van der Waals surface area (Å²) in [6, 6.07) is 5.37. The fourth-order valence-corrected chi connectivity index (χ4v) is 5.44. The Kier molecular flexibility index (Phi) is 7.78. The molecule has 0 amide bonds. The second kappa shape index (κ2) is 9.95. The minimum Gasteiger partial charge on any atom is -0.379 e. The van der Waals surface area contributed by atoms with Crippen LogP contribution in [0.1, 0.15) is 24.0 Å². The molecule has 0 bridgehead atoms. The maximum absolute atomic E-state index is 13.3. The standard InChI is InChI=1S/C20H30F3N3O3S/c1-30(27,28)26(9-4-8-24-11-13-29-14-12-24)18-7-10-25(16-18)15-17-5-2-3-6-19(17)20(21,22)23/h2-3,5-6,18H,4,7-16H2,1H3. The van der Waals surface area contributed by atoms with Gasteiger partial charge in [-0.1, -0.05) is 18.2 Å². The lowest BCUT2D eigenvalue weighted by Gasteiger charge is -2.30. The molecule has 0 saturated carbocycles. The Labute approximate surface area is 176 Å². The number of nitrogens with zero attached hydrogens (tertiary/aromatic N) is 3. The van der Waals surface area contributed by atoms with Crippen LogP contribution in [0.4, 0.5) is 13.2 Å². The number of morpholine rings is 1. The number of halogens is 3. The molecule has 1 aromatic carbocycles. The van der Waals surface area contributed by atoms with Crippen molar-refractivity contribution >= 4 is 10.0 Å². The highest BCUT2D eigenvalue weighted by atomic mass is 32.2. The Morgan fingerprint density at radius 3 is 2.50 bits per heavy atom. The number of rotatable bonds is 8. The quantitative estimate of drug-likeness (QED) is 0.610. The predicted octanol–water partition coefficient (Wildman–Crippen LogP) is 2.26. The van der Waals surface area contributed by atoms with E-state index < -0.39 is 21.8 Å². The van der Waals surface area contributed by atoms with Gasteiger partial charge in [0, 0.05) is 45.3 Å². The average Bonchev–Trinajstić information content (AvgIpc) is 3.12. The topological polar surface area (TPSA) is 53.1 Å². The first-order chi connectivity index (χ1) is 14.1. The van der Waals surface area contributed by atoms with Gasteiger partial charge in [-0.05, 0) is 31.0 Å². The van der Waals surface area contributed by atoms with Crippen LogP contribution < -0.4 is 0 Å². The minimum absolute atomic E-state index is 0.164. The summed E-state index contributed by atoms with van der Waals surface area (Å²) in [6.07, 6.45) is -1.84. The molecule has 1 atom stereocenters. The van der Waals surface area contributed by atoms with Crippen LogP contribution in [0, 0.1) is 0 Å². The Morgan fingerprint density at radius 2 is 1.83 bits per heavy atom. The third-order valence-electron chi connectivity index (χ3n) is 5.75. The smallest absolute Gasteiger partial charge is 0.379 e. The fourth-order valence-electron chi connectivity index (χ4n) is 4.26. The predicted molar refractivity (Wildman–Crippen MR) is 109 cm³/mol. The van der Waals surface area contributed by atoms with E-state index in [-0.39, 0.29) is 18.2 Å². The lowest BCUT2D eigenvalue weighted by Crippen LogP contribution is -2.43. The molecular formula is C20H30F3N3O3S. The molecule has 170 valence electrons. The summed E-state index contributed by atoms with van der Waals surface area (Å²) < 4.78 is 71.4. The zero-order valence-electron chi connectivity index (χ0n) is 17.3. The number of sulfonamides is 1. The van der Waals surface area contributed by atoms with E-state index in [1.807, 2.05) is 4.90 Å². The number of hydrogen-bond donors (Lipinski definition) is 0. The monoisotopic (exact) mass is 449 g/mol. The molecule has 30 heavy (non-hydrogen) atoms. The number of alkyl halides is 3. The third-order valence-corrected chi connectivity index (χ3v) is 7.09. The Hall–Kier alpha value is -1.20. The molecule has 0 spiro atoms. The van der Waals surface area contributed by atoms with Crippen molar-refractivity contribution in [3.63, 3.8) is 0 Å². The van der Waals surface area contributed by atoms with Gasteiger partial charge in [0.15, 0.2) is 0 Å². The second-order valence-corrected chi connectivity index (χ2v) is 9.95. The molecular weight excluding hydrogens is 419 g/mol. The highest BCUT2D eigenvalue weighted by molar-refractivity contribution is 7.88. The van der Waals surface area contributed by atoms with Crippen LogP contribution in [0.2, 0.25) is 0 Å². The van der Waals surface area contributed by atoms with Gasteiger partial charge >= 0.3 is 6.18 Å². The van der Waals surface area contributed by atoms with Crippen molar-refractivity contribution in [3.8, 4) is 0 Å².